The molecule has 2 aromatic rings. The molecule has 12 heavy (non-hydrogen) atoms. The molecule has 0 fully saturated rings. The molecule has 1 heterocycles. The molecule has 0 aliphatic rings. The van der Waals surface area contributed by atoms with E-state index >= 15 is 0 Å². The molecule has 59 valence electrons. The van der Waals surface area contributed by atoms with Crippen LogP contribution in [0.3, 0.4) is 0 Å². The molecule has 0 spiro atoms. The third-order valence-electron chi connectivity index (χ3n) is 1.81. The third-order valence-corrected chi connectivity index (χ3v) is 2.49. The fourth-order valence-electron chi connectivity index (χ4n) is 1.13. The van der Waals surface area contributed by atoms with Crippen LogP contribution >= 0.6 is 11.3 Å². The van der Waals surface area contributed by atoms with E-state index in [-0.39, 0.29) is 0 Å². The van der Waals surface area contributed by atoms with Crippen LogP contribution in [0.4, 0.5) is 0 Å². The molecule has 0 aliphatic carbocycles. The summed E-state index contributed by atoms with van der Waals surface area (Å²) < 4.78 is 0. The molecule has 0 saturated heterocycles. The van der Waals surface area contributed by atoms with Crippen LogP contribution < -0.4 is 0 Å². The minimum atomic E-state index is 1.06. The van der Waals surface area contributed by atoms with Gasteiger partial charge in [0.15, 0.2) is 0 Å². The number of rotatable bonds is 1. The summed E-state index contributed by atoms with van der Waals surface area (Å²) in [6, 6.07) is 10.4. The summed E-state index contributed by atoms with van der Waals surface area (Å²) in [7, 11) is 0. The Bertz CT molecular complexity index is 343. The van der Waals surface area contributed by atoms with Gasteiger partial charge in [0.25, 0.3) is 0 Å². The van der Waals surface area contributed by atoms with Crippen LogP contribution in [0.2, 0.25) is 0 Å². The van der Waals surface area contributed by atoms with Crippen molar-refractivity contribution in [2.45, 2.75) is 0 Å². The number of benzene rings is 1. The van der Waals surface area contributed by atoms with E-state index in [1.54, 1.807) is 11.3 Å². The maximum absolute atomic E-state index is 3.85. The van der Waals surface area contributed by atoms with E-state index in [1.807, 2.05) is 12.1 Å². The van der Waals surface area contributed by atoms with Crippen LogP contribution in [-0.4, -0.2) is 0 Å². The van der Waals surface area contributed by atoms with Crippen LogP contribution in [-0.2, 0) is 0 Å². The summed E-state index contributed by atoms with van der Waals surface area (Å²) in [6.07, 6.45) is 0. The van der Waals surface area contributed by atoms with Crippen LogP contribution in [0.15, 0.2) is 41.1 Å². The third kappa shape index (κ3) is 1.41. The van der Waals surface area contributed by atoms with Crippen molar-refractivity contribution in [3.63, 3.8) is 0 Å². The largest absolute Gasteiger partial charge is 0.152 e. The minimum Gasteiger partial charge on any atom is -0.152 e. The van der Waals surface area contributed by atoms with Gasteiger partial charge in [-0.05, 0) is 40.4 Å². The molecule has 1 aromatic heterocycles. The smallest absolute Gasteiger partial charge is 0.00147 e. The number of hydrogen-bond donors (Lipinski definition) is 0. The molecule has 2 rings (SSSR count). The average Bonchev–Trinajstić information content (AvgIpc) is 2.58. The fraction of sp³-hybridized carbons (Fsp3) is 0. The van der Waals surface area contributed by atoms with Crippen LogP contribution in [0.5, 0.6) is 0 Å². The summed E-state index contributed by atoms with van der Waals surface area (Å²) in [5.41, 5.74) is 3.62. The highest BCUT2D eigenvalue weighted by molar-refractivity contribution is 7.08. The molecule has 0 saturated carbocycles. The topological polar surface area (TPSA) is 0 Å². The Hall–Kier alpha value is -1.08. The minimum absolute atomic E-state index is 1.06. The van der Waals surface area contributed by atoms with Crippen molar-refractivity contribution >= 4 is 11.3 Å². The molecule has 0 amide bonds. The Morgan fingerprint density at radius 2 is 1.67 bits per heavy atom. The van der Waals surface area contributed by atoms with Gasteiger partial charge in [0.1, 0.15) is 0 Å². The second kappa shape index (κ2) is 3.11. The van der Waals surface area contributed by atoms with Crippen molar-refractivity contribution in [1.82, 2.24) is 0 Å². The quantitative estimate of drug-likeness (QED) is 0.618. The van der Waals surface area contributed by atoms with E-state index < -0.39 is 0 Å². The van der Waals surface area contributed by atoms with Gasteiger partial charge in [0.2, 0.25) is 0 Å². The van der Waals surface area contributed by atoms with Gasteiger partial charge in [0.05, 0.1) is 0 Å². The number of hydrogen-bond acceptors (Lipinski definition) is 1. The van der Waals surface area contributed by atoms with Crippen molar-refractivity contribution < 1.29 is 0 Å². The normalized spacial score (nSPS) is 10.1. The summed E-state index contributed by atoms with van der Waals surface area (Å²) >= 11 is 1.72. The monoisotopic (exact) mass is 173 g/mol. The van der Waals surface area contributed by atoms with E-state index in [1.165, 1.54) is 11.1 Å². The second-order valence-corrected chi connectivity index (χ2v) is 3.49. The lowest BCUT2D eigenvalue weighted by atomic mass is 10.1. The Kier molecular flexibility index (Phi) is 1.96. The predicted molar refractivity (Wildman–Crippen MR) is 54.2 cm³/mol. The lowest BCUT2D eigenvalue weighted by molar-refractivity contribution is 1.60. The van der Waals surface area contributed by atoms with Gasteiger partial charge in [-0.15, -0.1) is 0 Å². The highest BCUT2D eigenvalue weighted by atomic mass is 32.1. The van der Waals surface area contributed by atoms with Crippen molar-refractivity contribution in [1.29, 1.82) is 0 Å². The maximum atomic E-state index is 3.85. The van der Waals surface area contributed by atoms with Crippen LogP contribution in [0.25, 0.3) is 11.1 Å². The molecular formula is C11H9S. The molecular weight excluding hydrogens is 164 g/mol. The Labute approximate surface area is 76.5 Å². The van der Waals surface area contributed by atoms with Gasteiger partial charge < -0.3 is 0 Å². The van der Waals surface area contributed by atoms with Gasteiger partial charge >= 0.3 is 0 Å². The van der Waals surface area contributed by atoms with E-state index in [9.17, 15) is 0 Å². The Balaban J connectivity index is 2.43. The van der Waals surface area contributed by atoms with Crippen LogP contribution in [0.1, 0.15) is 5.56 Å². The molecule has 1 heteroatoms. The molecule has 0 aliphatic heterocycles. The van der Waals surface area contributed by atoms with Crippen molar-refractivity contribution in [3.8, 4) is 11.1 Å². The van der Waals surface area contributed by atoms with Gasteiger partial charge in [-0.2, -0.15) is 11.3 Å². The summed E-state index contributed by atoms with van der Waals surface area (Å²) in [4.78, 5) is 0. The summed E-state index contributed by atoms with van der Waals surface area (Å²) in [6.45, 7) is 3.85. The van der Waals surface area contributed by atoms with Crippen molar-refractivity contribution in [3.05, 3.63) is 53.6 Å². The SMILES string of the molecule is [CH2]c1ccc(-c2ccsc2)cc1. The zero-order chi connectivity index (χ0) is 8.39. The molecule has 0 bridgehead atoms. The first-order valence-electron chi connectivity index (χ1n) is 3.81. The van der Waals surface area contributed by atoms with E-state index in [0.29, 0.717) is 0 Å². The predicted octanol–water partition coefficient (Wildman–Crippen LogP) is 3.60. The first kappa shape index (κ1) is 7.56. The first-order valence-corrected chi connectivity index (χ1v) is 4.75. The van der Waals surface area contributed by atoms with E-state index in [2.05, 4.69) is 35.9 Å². The van der Waals surface area contributed by atoms with Gasteiger partial charge in [-0.25, -0.2) is 0 Å². The van der Waals surface area contributed by atoms with Gasteiger partial charge in [-0.3, -0.25) is 0 Å². The summed E-state index contributed by atoms with van der Waals surface area (Å²) in [5.74, 6) is 0. The van der Waals surface area contributed by atoms with Gasteiger partial charge in [-0.1, -0.05) is 24.3 Å². The number of thiophene rings is 1. The highest BCUT2D eigenvalue weighted by Crippen LogP contribution is 2.21. The van der Waals surface area contributed by atoms with E-state index in [4.69, 9.17) is 0 Å². The Morgan fingerprint density at radius 3 is 2.25 bits per heavy atom. The fourth-order valence-corrected chi connectivity index (χ4v) is 1.79. The molecule has 0 nitrogen and oxygen atoms in total. The standard InChI is InChI=1S/C11H9S/c1-9-2-4-10(5-3-9)11-6-7-12-8-11/h2-8H,1H2. The molecule has 0 atom stereocenters. The molecule has 0 N–H and O–H groups in total. The van der Waals surface area contributed by atoms with E-state index in [0.717, 1.165) is 5.56 Å². The molecule has 0 unspecified atom stereocenters. The molecule has 1 aromatic carbocycles. The lowest BCUT2D eigenvalue weighted by Gasteiger charge is -1.97. The molecule has 1 radical (unpaired) electrons. The Morgan fingerprint density at radius 1 is 0.917 bits per heavy atom. The average molecular weight is 173 g/mol. The van der Waals surface area contributed by atoms with Crippen molar-refractivity contribution in [2.75, 3.05) is 0 Å². The van der Waals surface area contributed by atoms with Gasteiger partial charge in [0, 0.05) is 0 Å². The second-order valence-electron chi connectivity index (χ2n) is 2.71. The zero-order valence-corrected chi connectivity index (χ0v) is 7.47. The zero-order valence-electron chi connectivity index (χ0n) is 6.66. The first-order chi connectivity index (χ1) is 5.86. The van der Waals surface area contributed by atoms with Crippen molar-refractivity contribution in [2.24, 2.45) is 0 Å². The highest BCUT2D eigenvalue weighted by Gasteiger charge is 1.95. The maximum Gasteiger partial charge on any atom is -0.00147 e. The summed E-state index contributed by atoms with van der Waals surface area (Å²) in [5, 5.41) is 4.24. The van der Waals surface area contributed by atoms with Crippen LogP contribution in [0, 0.1) is 6.92 Å². The lowest BCUT2D eigenvalue weighted by Crippen LogP contribution is -1.73.